The van der Waals surface area contributed by atoms with Crippen LogP contribution in [0, 0.1) is 11.2 Å². The van der Waals surface area contributed by atoms with Crippen molar-refractivity contribution in [3.05, 3.63) is 34.6 Å². The minimum absolute atomic E-state index is 0.259. The molecule has 1 aromatic rings. The van der Waals surface area contributed by atoms with Gasteiger partial charge in [-0.05, 0) is 36.0 Å². The van der Waals surface area contributed by atoms with Gasteiger partial charge in [-0.2, -0.15) is 0 Å². The Kier molecular flexibility index (Phi) is 3.50. The van der Waals surface area contributed by atoms with Gasteiger partial charge in [0.15, 0.2) is 0 Å². The zero-order valence-corrected chi connectivity index (χ0v) is 10.3. The zero-order valence-electron chi connectivity index (χ0n) is 9.52. The highest BCUT2D eigenvalue weighted by Gasteiger charge is 2.36. The van der Waals surface area contributed by atoms with Crippen molar-refractivity contribution in [1.82, 2.24) is 5.32 Å². The Bertz CT molecular complexity index is 374. The van der Waals surface area contributed by atoms with Crippen LogP contribution in [-0.4, -0.2) is 13.1 Å². The number of hydrogen-bond acceptors (Lipinski definition) is 1. The summed E-state index contributed by atoms with van der Waals surface area (Å²) in [5, 5.41) is 3.88. The van der Waals surface area contributed by atoms with Crippen LogP contribution in [0.2, 0.25) is 5.02 Å². The quantitative estimate of drug-likeness (QED) is 0.852. The highest BCUT2D eigenvalue weighted by atomic mass is 35.5. The van der Waals surface area contributed by atoms with Gasteiger partial charge in [-0.3, -0.25) is 0 Å². The summed E-state index contributed by atoms with van der Waals surface area (Å²) < 4.78 is 12.9. The molecule has 1 nitrogen and oxygen atoms in total. The molecule has 1 saturated heterocycles. The van der Waals surface area contributed by atoms with Crippen molar-refractivity contribution in [2.45, 2.75) is 26.2 Å². The molecule has 1 N–H and O–H groups in total. The maximum absolute atomic E-state index is 12.9. The van der Waals surface area contributed by atoms with E-state index in [1.54, 1.807) is 0 Å². The molecule has 0 atom stereocenters. The van der Waals surface area contributed by atoms with Crippen LogP contribution in [0.15, 0.2) is 18.2 Å². The van der Waals surface area contributed by atoms with Gasteiger partial charge < -0.3 is 5.32 Å². The predicted molar refractivity (Wildman–Crippen MR) is 65.3 cm³/mol. The fourth-order valence-electron chi connectivity index (χ4n) is 2.47. The summed E-state index contributed by atoms with van der Waals surface area (Å²) in [6.07, 6.45) is 3.33. The second-order valence-electron chi connectivity index (χ2n) is 4.77. The molecule has 1 fully saturated rings. The lowest BCUT2D eigenvalue weighted by atomic mass is 9.73. The van der Waals surface area contributed by atoms with Gasteiger partial charge in [0.1, 0.15) is 5.82 Å². The summed E-state index contributed by atoms with van der Waals surface area (Å²) in [6.45, 7) is 4.30. The number of nitrogens with one attached hydrogen (secondary N) is 1. The van der Waals surface area contributed by atoms with Crippen LogP contribution in [-0.2, 0) is 6.42 Å². The van der Waals surface area contributed by atoms with E-state index in [1.165, 1.54) is 25.0 Å². The SMILES string of the molecule is CCCC1(Cc2ccc(F)cc2Cl)CNC1. The molecule has 0 aromatic heterocycles. The molecule has 0 amide bonds. The highest BCUT2D eigenvalue weighted by molar-refractivity contribution is 6.31. The van der Waals surface area contributed by atoms with E-state index in [-0.39, 0.29) is 5.82 Å². The van der Waals surface area contributed by atoms with E-state index >= 15 is 0 Å². The largest absolute Gasteiger partial charge is 0.316 e. The van der Waals surface area contributed by atoms with E-state index in [0.29, 0.717) is 10.4 Å². The monoisotopic (exact) mass is 241 g/mol. The van der Waals surface area contributed by atoms with Crippen LogP contribution >= 0.6 is 11.6 Å². The summed E-state index contributed by atoms with van der Waals surface area (Å²) in [6, 6.07) is 4.71. The lowest BCUT2D eigenvalue weighted by Gasteiger charge is -2.43. The first kappa shape index (κ1) is 11.9. The number of benzene rings is 1. The van der Waals surface area contributed by atoms with Gasteiger partial charge in [-0.25, -0.2) is 4.39 Å². The first-order valence-electron chi connectivity index (χ1n) is 5.80. The molecule has 0 unspecified atom stereocenters. The summed E-state index contributed by atoms with van der Waals surface area (Å²) in [7, 11) is 0. The van der Waals surface area contributed by atoms with E-state index in [0.717, 1.165) is 25.1 Å². The topological polar surface area (TPSA) is 12.0 Å². The lowest BCUT2D eigenvalue weighted by Crippen LogP contribution is -2.54. The molecule has 16 heavy (non-hydrogen) atoms. The average Bonchev–Trinajstić information content (AvgIpc) is 2.18. The standard InChI is InChI=1S/C13H17ClFN/c1-2-5-13(8-16-9-13)7-10-3-4-11(15)6-12(10)14/h3-4,6,16H,2,5,7-9H2,1H3. The Morgan fingerprint density at radius 2 is 2.19 bits per heavy atom. The molecular formula is C13H17ClFN. The third-order valence-electron chi connectivity index (χ3n) is 3.36. The van der Waals surface area contributed by atoms with Gasteiger partial charge in [0, 0.05) is 18.1 Å². The van der Waals surface area contributed by atoms with Crippen molar-refractivity contribution in [3.8, 4) is 0 Å². The Morgan fingerprint density at radius 1 is 1.44 bits per heavy atom. The van der Waals surface area contributed by atoms with E-state index < -0.39 is 0 Å². The first-order valence-corrected chi connectivity index (χ1v) is 6.18. The molecule has 0 radical (unpaired) electrons. The van der Waals surface area contributed by atoms with Crippen molar-refractivity contribution in [2.24, 2.45) is 5.41 Å². The smallest absolute Gasteiger partial charge is 0.124 e. The molecule has 0 bridgehead atoms. The van der Waals surface area contributed by atoms with Gasteiger partial charge in [0.05, 0.1) is 0 Å². The van der Waals surface area contributed by atoms with Gasteiger partial charge in [-0.15, -0.1) is 0 Å². The first-order chi connectivity index (χ1) is 7.65. The van der Waals surface area contributed by atoms with Crippen LogP contribution in [0.25, 0.3) is 0 Å². The predicted octanol–water partition coefficient (Wildman–Crippen LogP) is 3.41. The third kappa shape index (κ3) is 2.38. The number of rotatable bonds is 4. The van der Waals surface area contributed by atoms with Crippen molar-refractivity contribution < 1.29 is 4.39 Å². The van der Waals surface area contributed by atoms with Crippen molar-refractivity contribution in [2.75, 3.05) is 13.1 Å². The second-order valence-corrected chi connectivity index (χ2v) is 5.17. The molecule has 1 aromatic carbocycles. The highest BCUT2D eigenvalue weighted by Crippen LogP contribution is 2.34. The van der Waals surface area contributed by atoms with E-state index in [4.69, 9.17) is 11.6 Å². The maximum atomic E-state index is 12.9. The molecule has 0 aliphatic carbocycles. The summed E-state index contributed by atoms with van der Waals surface area (Å²) in [4.78, 5) is 0. The normalized spacial score (nSPS) is 18.2. The molecule has 1 heterocycles. The molecular weight excluding hydrogens is 225 g/mol. The van der Waals surface area contributed by atoms with Gasteiger partial charge in [0.25, 0.3) is 0 Å². The Labute approximate surface area is 101 Å². The fraction of sp³-hybridized carbons (Fsp3) is 0.538. The molecule has 2 rings (SSSR count). The molecule has 0 saturated carbocycles. The summed E-state index contributed by atoms with van der Waals surface area (Å²) in [5.74, 6) is -0.259. The molecule has 1 aliphatic rings. The van der Waals surface area contributed by atoms with Crippen LogP contribution in [0.5, 0.6) is 0 Å². The second kappa shape index (κ2) is 4.72. The molecule has 3 heteroatoms. The van der Waals surface area contributed by atoms with Crippen LogP contribution < -0.4 is 5.32 Å². The Hall–Kier alpha value is -0.600. The third-order valence-corrected chi connectivity index (χ3v) is 3.71. The number of halogens is 2. The average molecular weight is 242 g/mol. The lowest BCUT2D eigenvalue weighted by molar-refractivity contribution is 0.151. The van der Waals surface area contributed by atoms with Crippen molar-refractivity contribution in [1.29, 1.82) is 0 Å². The molecule has 88 valence electrons. The number of hydrogen-bond donors (Lipinski definition) is 1. The molecule has 0 spiro atoms. The zero-order chi connectivity index (χ0) is 11.6. The van der Waals surface area contributed by atoms with Crippen molar-refractivity contribution in [3.63, 3.8) is 0 Å². The fourth-order valence-corrected chi connectivity index (χ4v) is 2.70. The van der Waals surface area contributed by atoms with Crippen LogP contribution in [0.3, 0.4) is 0 Å². The summed E-state index contributed by atoms with van der Waals surface area (Å²) in [5.41, 5.74) is 1.41. The van der Waals surface area contributed by atoms with E-state index in [1.807, 2.05) is 6.07 Å². The summed E-state index contributed by atoms with van der Waals surface area (Å²) >= 11 is 6.06. The van der Waals surface area contributed by atoms with Gasteiger partial charge in [-0.1, -0.05) is 31.0 Å². The van der Waals surface area contributed by atoms with Crippen LogP contribution in [0.4, 0.5) is 4.39 Å². The van der Waals surface area contributed by atoms with E-state index in [2.05, 4.69) is 12.2 Å². The molecule has 1 aliphatic heterocycles. The van der Waals surface area contributed by atoms with E-state index in [9.17, 15) is 4.39 Å². The Balaban J connectivity index is 2.13. The van der Waals surface area contributed by atoms with Gasteiger partial charge >= 0.3 is 0 Å². The van der Waals surface area contributed by atoms with Gasteiger partial charge in [0.2, 0.25) is 0 Å². The maximum Gasteiger partial charge on any atom is 0.124 e. The Morgan fingerprint density at radius 3 is 2.69 bits per heavy atom. The van der Waals surface area contributed by atoms with Crippen LogP contribution in [0.1, 0.15) is 25.3 Å². The van der Waals surface area contributed by atoms with Crippen molar-refractivity contribution >= 4 is 11.6 Å². The minimum atomic E-state index is -0.259. The minimum Gasteiger partial charge on any atom is -0.316 e.